The zero-order chi connectivity index (χ0) is 31.4. The van der Waals surface area contributed by atoms with Gasteiger partial charge in [0.05, 0.1) is 17.7 Å². The quantitative estimate of drug-likeness (QED) is 0.147. The van der Waals surface area contributed by atoms with Gasteiger partial charge in [-0.25, -0.2) is 0 Å². The maximum Gasteiger partial charge on any atom is 0.573 e. The summed E-state index contributed by atoms with van der Waals surface area (Å²) in [6, 6.07) is 22.3. The second kappa shape index (κ2) is 13.4. The molecule has 3 aromatic carbocycles. The van der Waals surface area contributed by atoms with Crippen LogP contribution in [0.25, 0.3) is 33.9 Å². The summed E-state index contributed by atoms with van der Waals surface area (Å²) < 4.78 is 55.0. The van der Waals surface area contributed by atoms with Gasteiger partial charge in [-0.3, -0.25) is 9.58 Å². The molecule has 45 heavy (non-hydrogen) atoms. The molecular weight excluding hydrogens is 583 g/mol. The summed E-state index contributed by atoms with van der Waals surface area (Å²) in [5, 5.41) is 9.96. The van der Waals surface area contributed by atoms with Gasteiger partial charge in [0.1, 0.15) is 5.75 Å². The van der Waals surface area contributed by atoms with E-state index in [1.807, 2.05) is 24.3 Å². The van der Waals surface area contributed by atoms with Gasteiger partial charge < -0.3 is 14.0 Å². The molecule has 1 fully saturated rings. The Bertz CT molecular complexity index is 1700. The van der Waals surface area contributed by atoms with Gasteiger partial charge >= 0.3 is 6.36 Å². The number of unbranched alkanes of at least 4 members (excludes halogenated alkanes) is 1. The summed E-state index contributed by atoms with van der Waals surface area (Å²) in [7, 11) is 1.78. The summed E-state index contributed by atoms with van der Waals surface area (Å²) in [5.74, 6) is 0.177. The number of aromatic nitrogens is 4. The minimum Gasteiger partial charge on any atom is -0.406 e. The molecule has 8 nitrogen and oxygen atoms in total. The second-order valence-electron chi connectivity index (χ2n) is 11.4. The van der Waals surface area contributed by atoms with Crippen molar-refractivity contribution >= 4 is 10.9 Å². The molecule has 1 aliphatic heterocycles. The van der Waals surface area contributed by atoms with Crippen molar-refractivity contribution in [3.8, 4) is 28.7 Å². The summed E-state index contributed by atoms with van der Waals surface area (Å²) >= 11 is 0. The maximum atomic E-state index is 12.5. The predicted octanol–water partition coefficient (Wildman–Crippen LogP) is 8.37. The van der Waals surface area contributed by atoms with Crippen LogP contribution in [-0.4, -0.2) is 51.4 Å². The van der Waals surface area contributed by atoms with E-state index < -0.39 is 6.36 Å². The average Bonchev–Trinajstić information content (AvgIpc) is 3.68. The minimum absolute atomic E-state index is 0.133. The molecular formula is C34H36F3N5O3. The van der Waals surface area contributed by atoms with Crippen LogP contribution in [0.3, 0.4) is 0 Å². The molecule has 236 valence electrons. The van der Waals surface area contributed by atoms with E-state index in [4.69, 9.17) is 14.4 Å². The first-order valence-electron chi connectivity index (χ1n) is 15.3. The van der Waals surface area contributed by atoms with Gasteiger partial charge in [0, 0.05) is 31.1 Å². The van der Waals surface area contributed by atoms with Crippen molar-refractivity contribution in [2.24, 2.45) is 0 Å². The van der Waals surface area contributed by atoms with Crippen LogP contribution in [0.15, 0.2) is 77.3 Å². The van der Waals surface area contributed by atoms with E-state index in [0.29, 0.717) is 11.3 Å². The number of nitrogens with zero attached hydrogens (tertiary/aromatic N) is 5. The molecule has 0 saturated carbocycles. The molecule has 2 unspecified atom stereocenters. The number of hydrogen-bond donors (Lipinski definition) is 0. The molecule has 2 aromatic heterocycles. The highest BCUT2D eigenvalue weighted by Gasteiger charge is 2.31. The molecule has 0 radical (unpaired) electrons. The van der Waals surface area contributed by atoms with Crippen molar-refractivity contribution in [1.82, 2.24) is 24.8 Å². The number of methoxy groups -OCH3 is 1. The number of alkyl halides is 3. The van der Waals surface area contributed by atoms with Gasteiger partial charge in [-0.1, -0.05) is 67.4 Å². The van der Waals surface area contributed by atoms with E-state index in [2.05, 4.69) is 55.6 Å². The number of fused-ring (bicyclic) bond motifs is 1. The highest BCUT2D eigenvalue weighted by atomic mass is 19.4. The molecule has 0 aliphatic carbocycles. The molecule has 0 N–H and O–H groups in total. The molecule has 0 spiro atoms. The Balaban J connectivity index is 1.18. The van der Waals surface area contributed by atoms with Gasteiger partial charge in [0.15, 0.2) is 5.69 Å². The standard InChI is InChI=1S/C34H36F3N5O3/c1-3-4-11-30(43-2)24-14-12-23(13-15-24)21-41-20-7-8-26(22-41)42-29-10-6-5-9-28(29)31(39-42)33-38-32(40-45-33)25-16-18-27(19-17-25)44-34(35,36)37/h5-6,9-10,12-19,26,30H,3-4,7-8,11,20-22H2,1-2H3. The Labute approximate surface area is 259 Å². The van der Waals surface area contributed by atoms with E-state index in [-0.39, 0.29) is 29.6 Å². The molecule has 5 aromatic rings. The third kappa shape index (κ3) is 7.20. The molecule has 0 amide bonds. The van der Waals surface area contributed by atoms with Gasteiger partial charge in [0.25, 0.3) is 5.89 Å². The number of ether oxygens (including phenoxy) is 2. The number of benzene rings is 3. The zero-order valence-electron chi connectivity index (χ0n) is 25.3. The Morgan fingerprint density at radius 3 is 2.53 bits per heavy atom. The lowest BCUT2D eigenvalue weighted by Crippen LogP contribution is -2.36. The molecule has 1 saturated heterocycles. The number of hydrogen-bond acceptors (Lipinski definition) is 7. The Kier molecular flexibility index (Phi) is 9.18. The summed E-state index contributed by atoms with van der Waals surface area (Å²) in [4.78, 5) is 7.01. The Morgan fingerprint density at radius 1 is 1.02 bits per heavy atom. The largest absolute Gasteiger partial charge is 0.573 e. The van der Waals surface area contributed by atoms with Gasteiger partial charge in [-0.05, 0) is 67.3 Å². The summed E-state index contributed by atoms with van der Waals surface area (Å²) in [5.41, 5.74) is 4.54. The third-order valence-corrected chi connectivity index (χ3v) is 8.28. The van der Waals surface area contributed by atoms with Crippen LogP contribution in [-0.2, 0) is 11.3 Å². The fourth-order valence-electron chi connectivity index (χ4n) is 6.05. The first kappa shape index (κ1) is 30.8. The molecule has 6 rings (SSSR count). The van der Waals surface area contributed by atoms with E-state index in [1.54, 1.807) is 7.11 Å². The van der Waals surface area contributed by atoms with Crippen molar-refractivity contribution in [3.05, 3.63) is 83.9 Å². The van der Waals surface area contributed by atoms with Crippen molar-refractivity contribution in [2.45, 2.75) is 64.1 Å². The molecule has 1 aliphatic rings. The lowest BCUT2D eigenvalue weighted by atomic mass is 10.0. The van der Waals surface area contributed by atoms with Crippen molar-refractivity contribution in [2.75, 3.05) is 20.2 Å². The van der Waals surface area contributed by atoms with Crippen LogP contribution in [0.4, 0.5) is 13.2 Å². The minimum atomic E-state index is -4.76. The molecule has 11 heteroatoms. The topological polar surface area (TPSA) is 78.4 Å². The van der Waals surface area contributed by atoms with E-state index in [9.17, 15) is 13.2 Å². The molecule has 3 heterocycles. The highest BCUT2D eigenvalue weighted by molar-refractivity contribution is 5.91. The van der Waals surface area contributed by atoms with Crippen LogP contribution in [0.5, 0.6) is 5.75 Å². The summed E-state index contributed by atoms with van der Waals surface area (Å²) in [6.45, 7) is 4.92. The van der Waals surface area contributed by atoms with Crippen LogP contribution >= 0.6 is 0 Å². The van der Waals surface area contributed by atoms with Crippen LogP contribution in [0, 0.1) is 0 Å². The molecule has 0 bridgehead atoms. The van der Waals surface area contributed by atoms with Crippen LogP contribution in [0.2, 0.25) is 0 Å². The van der Waals surface area contributed by atoms with Crippen molar-refractivity contribution < 1.29 is 27.2 Å². The highest BCUT2D eigenvalue weighted by Crippen LogP contribution is 2.34. The number of piperidine rings is 1. The fourth-order valence-corrected chi connectivity index (χ4v) is 6.05. The number of para-hydroxylation sites is 1. The van der Waals surface area contributed by atoms with E-state index in [1.165, 1.54) is 35.4 Å². The number of rotatable bonds is 11. The van der Waals surface area contributed by atoms with Gasteiger partial charge in [-0.15, -0.1) is 13.2 Å². The Morgan fingerprint density at radius 2 is 1.80 bits per heavy atom. The Hall–Kier alpha value is -4.22. The maximum absolute atomic E-state index is 12.5. The second-order valence-corrected chi connectivity index (χ2v) is 11.4. The van der Waals surface area contributed by atoms with Crippen LogP contribution in [0.1, 0.15) is 62.3 Å². The van der Waals surface area contributed by atoms with E-state index in [0.717, 1.165) is 62.6 Å². The lowest BCUT2D eigenvalue weighted by molar-refractivity contribution is -0.274. The first-order valence-corrected chi connectivity index (χ1v) is 15.3. The zero-order valence-corrected chi connectivity index (χ0v) is 25.3. The number of likely N-dealkylation sites (tertiary alicyclic amines) is 1. The smallest absolute Gasteiger partial charge is 0.406 e. The predicted molar refractivity (Wildman–Crippen MR) is 164 cm³/mol. The van der Waals surface area contributed by atoms with Crippen molar-refractivity contribution in [3.63, 3.8) is 0 Å². The molecule has 2 atom stereocenters. The van der Waals surface area contributed by atoms with Crippen LogP contribution < -0.4 is 4.74 Å². The fraction of sp³-hybridized carbons (Fsp3) is 0.382. The van der Waals surface area contributed by atoms with Gasteiger partial charge in [0.2, 0.25) is 5.82 Å². The lowest BCUT2D eigenvalue weighted by Gasteiger charge is -2.33. The van der Waals surface area contributed by atoms with E-state index >= 15 is 0 Å². The summed E-state index contributed by atoms with van der Waals surface area (Å²) in [6.07, 6.45) is 0.739. The first-order chi connectivity index (χ1) is 21.8. The third-order valence-electron chi connectivity index (χ3n) is 8.28. The SMILES string of the molecule is CCCCC(OC)c1ccc(CN2CCCC(n3nc(-c4nc(-c5ccc(OC(F)(F)F)cc5)no4)c4ccccc43)C2)cc1. The van der Waals surface area contributed by atoms with Crippen molar-refractivity contribution in [1.29, 1.82) is 0 Å². The number of halogens is 3. The average molecular weight is 620 g/mol. The normalized spacial score (nSPS) is 16.7. The van der Waals surface area contributed by atoms with Gasteiger partial charge in [-0.2, -0.15) is 10.1 Å². The monoisotopic (exact) mass is 619 g/mol.